The Hall–Kier alpha value is -6.62. The average Bonchev–Trinajstić information content (AvgIpc) is 0.862. The van der Waals surface area contributed by atoms with Gasteiger partial charge in [0.1, 0.15) is 53.9 Å². The molecule has 3 saturated carbocycles. The van der Waals surface area contributed by atoms with E-state index < -0.39 is 191 Å². The molecule has 3 unspecified atom stereocenters. The number of ether oxygens (including phenoxy) is 2. The van der Waals surface area contributed by atoms with E-state index in [1.807, 2.05) is 33.8 Å². The lowest BCUT2D eigenvalue weighted by Gasteiger charge is -2.54. The van der Waals surface area contributed by atoms with Crippen LogP contribution in [0.1, 0.15) is 183 Å². The van der Waals surface area contributed by atoms with Crippen LogP contribution in [0.5, 0.6) is 0 Å². The molecular weight excluding hydrogens is 1400 g/mol. The van der Waals surface area contributed by atoms with Crippen LogP contribution in [-0.4, -0.2) is 289 Å². The summed E-state index contributed by atoms with van der Waals surface area (Å²) in [7, 11) is 11.4. The molecule has 0 radical (unpaired) electrons. The van der Waals surface area contributed by atoms with E-state index in [2.05, 4.69) is 22.9 Å². The molecule has 3 N–H and O–H groups in total. The van der Waals surface area contributed by atoms with Gasteiger partial charge in [0, 0.05) is 101 Å². The van der Waals surface area contributed by atoms with Gasteiger partial charge in [-0.3, -0.25) is 57.5 Å². The molecule has 7 aliphatic rings. The van der Waals surface area contributed by atoms with Crippen LogP contribution in [0.3, 0.4) is 0 Å². The topological polar surface area (TPSA) is 289 Å². The number of nitrogens with one attached hydrogen (secondary N) is 3. The van der Waals surface area contributed by atoms with Crippen molar-refractivity contribution < 1.29 is 80.2 Å². The molecule has 0 aromatic rings. The average molecular weight is 1520 g/mol. The first kappa shape index (κ1) is 86.6. The third kappa shape index (κ3) is 21.2. The maximum Gasteiger partial charge on any atom is 0.393 e. The van der Waals surface area contributed by atoms with Crippen LogP contribution < -0.4 is 16.0 Å². The number of carbonyl (C=O) groups excluding carboxylic acids is 12. The smallest absolute Gasteiger partial charge is 0.381 e. The molecule has 2 bridgehead atoms. The Kier molecular flexibility index (Phi) is 30.8. The fourth-order valence-electron chi connectivity index (χ4n) is 17.4. The molecule has 4 heterocycles. The standard InChI is InChI=1S/C76H122ClF3N12O14/c1-16-22-55-65(96)82-63(50-32-35-105-36-33-50)71(102)86(11)43-62(95)88(13)56-23-20-19-21-34-91(70(56)101)59(38-49-26-24-46(4)25-27-49)69(100)85(10)42-60(93)81-54(31-29-48-28-30-52(53(77)37-48)76(78,79)80)67(98)92-41-51(106-18-3)39-57(92)66(97)83-75(44-74(6,7)45-75)73(104)90(15)64(47(5)17-2)72(103)89(14)58(68(99)84(8)9)40-61(94)87(55)12/h19-20,46-59,63-64H,16-18,21-45H2,1-15H3,(H,81,93)(H,82,96)(H,83,97)/b20-19-/t46?,47-,48?,49?,51+,52?,53?,54-,55-,56-,57-,58-,59-,63-,64-/m0/s1. The highest BCUT2D eigenvalue weighted by Gasteiger charge is 2.59. The number of alkyl halides is 4. The molecule has 3 saturated heterocycles. The summed E-state index contributed by atoms with van der Waals surface area (Å²) in [6.45, 7) is 12.6. The van der Waals surface area contributed by atoms with Crippen LogP contribution in [0, 0.1) is 40.9 Å². The molecule has 0 aromatic carbocycles. The van der Waals surface area contributed by atoms with Gasteiger partial charge < -0.3 is 69.5 Å². The molecule has 4 aliphatic heterocycles. The van der Waals surface area contributed by atoms with Crippen molar-refractivity contribution >= 4 is 82.5 Å². The number of rotatable bonds is 13. The Balaban J connectivity index is 1.33. The molecule has 598 valence electrons. The van der Waals surface area contributed by atoms with Gasteiger partial charge in [-0.1, -0.05) is 92.2 Å². The van der Waals surface area contributed by atoms with E-state index in [1.54, 1.807) is 19.9 Å². The molecule has 1 spiro atoms. The second kappa shape index (κ2) is 37.7. The second-order valence-corrected chi connectivity index (χ2v) is 33.2. The molecule has 30 heteroatoms. The largest absolute Gasteiger partial charge is 0.393 e. The van der Waals surface area contributed by atoms with Gasteiger partial charge in [0.15, 0.2) is 0 Å². The first-order valence-electron chi connectivity index (χ1n) is 38.6. The zero-order valence-corrected chi connectivity index (χ0v) is 66.2. The molecule has 12 amide bonds. The van der Waals surface area contributed by atoms with Gasteiger partial charge in [-0.05, 0) is 125 Å². The number of fused-ring (bicyclic) bond motifs is 3. The van der Waals surface area contributed by atoms with Crippen molar-refractivity contribution in [2.24, 2.45) is 40.9 Å². The summed E-state index contributed by atoms with van der Waals surface area (Å²) in [6.07, 6.45) is 3.20. The van der Waals surface area contributed by atoms with Crippen molar-refractivity contribution in [1.29, 1.82) is 0 Å². The summed E-state index contributed by atoms with van der Waals surface area (Å²) < 4.78 is 54.2. The molecule has 7 rings (SSSR count). The van der Waals surface area contributed by atoms with Gasteiger partial charge in [0.05, 0.1) is 31.5 Å². The summed E-state index contributed by atoms with van der Waals surface area (Å²) >= 11 is 6.46. The fourth-order valence-corrected chi connectivity index (χ4v) is 17.9. The van der Waals surface area contributed by atoms with E-state index in [4.69, 9.17) is 21.1 Å². The number of nitrogens with zero attached hydrogens (tertiary/aromatic N) is 9. The predicted molar refractivity (Wildman–Crippen MR) is 391 cm³/mol. The summed E-state index contributed by atoms with van der Waals surface area (Å²) in [5, 5.41) is 7.62. The third-order valence-electron chi connectivity index (χ3n) is 23.8. The number of halogens is 4. The predicted octanol–water partition coefficient (Wildman–Crippen LogP) is 5.76. The molecule has 26 nitrogen and oxygen atoms in total. The van der Waals surface area contributed by atoms with Crippen LogP contribution in [0.15, 0.2) is 12.2 Å². The van der Waals surface area contributed by atoms with Crippen molar-refractivity contribution in [2.75, 3.05) is 102 Å². The van der Waals surface area contributed by atoms with Gasteiger partial charge in [0.2, 0.25) is 70.9 Å². The van der Waals surface area contributed by atoms with Gasteiger partial charge in [0.25, 0.3) is 0 Å². The molecule has 6 fully saturated rings. The van der Waals surface area contributed by atoms with Gasteiger partial charge in [-0.15, -0.1) is 11.6 Å². The first-order chi connectivity index (χ1) is 49.8. The van der Waals surface area contributed by atoms with Crippen LogP contribution in [0.25, 0.3) is 0 Å². The molecule has 13 atom stereocenters. The third-order valence-corrected chi connectivity index (χ3v) is 24.3. The van der Waals surface area contributed by atoms with Crippen LogP contribution in [-0.2, 0) is 67.0 Å². The van der Waals surface area contributed by atoms with Gasteiger partial charge >= 0.3 is 6.18 Å². The number of carbonyl (C=O) groups is 12. The summed E-state index contributed by atoms with van der Waals surface area (Å²) in [4.78, 5) is 193. The Morgan fingerprint density at radius 3 is 1.93 bits per heavy atom. The Morgan fingerprint density at radius 1 is 0.698 bits per heavy atom. The Morgan fingerprint density at radius 2 is 1.34 bits per heavy atom. The summed E-state index contributed by atoms with van der Waals surface area (Å²) in [5.74, 6) is -10.8. The lowest BCUT2D eigenvalue weighted by atomic mass is 9.58. The van der Waals surface area contributed by atoms with E-state index >= 15 is 33.6 Å². The minimum atomic E-state index is -4.53. The van der Waals surface area contributed by atoms with E-state index in [0.29, 0.717) is 38.0 Å². The zero-order valence-electron chi connectivity index (χ0n) is 65.4. The highest BCUT2D eigenvalue weighted by molar-refractivity contribution is 6.21. The zero-order chi connectivity index (χ0) is 78.6. The summed E-state index contributed by atoms with van der Waals surface area (Å²) in [5.41, 5.74) is -2.21. The fraction of sp³-hybridized carbons (Fsp3) is 0.816. The Labute approximate surface area is 630 Å². The van der Waals surface area contributed by atoms with E-state index in [0.717, 1.165) is 30.6 Å². The van der Waals surface area contributed by atoms with E-state index in [1.165, 1.54) is 95.6 Å². The number of hydrogen-bond acceptors (Lipinski definition) is 14. The summed E-state index contributed by atoms with van der Waals surface area (Å²) in [6, 6.07) is -10.3. The van der Waals surface area contributed by atoms with Gasteiger partial charge in [-0.25, -0.2) is 0 Å². The lowest BCUT2D eigenvalue weighted by Crippen LogP contribution is -2.71. The SMILES string of the molecule is CCC[C@H]1C(=O)N[C@@H](C2CCOCC2)C(=O)N(C)CC(=O)N(C)[C@H]2C/C=C\CCN(C2=O)[C@@H](CC2CCC(C)CC2)C(=O)N(C)CC(=O)N[C@@H](CCC2CCC(C(F)(F)F)C(Cl)C2)C(=O)N2C[C@H](OCC)C[C@H]2C(=O)NC2(CC(C)(C)C2)C(=O)N(C)[C@@H]([C@@H](C)CC)C(=O)N(C)[C@H](C(=O)N(C)C)CC(=O)N1C. The van der Waals surface area contributed by atoms with Crippen molar-refractivity contribution in [1.82, 2.24) is 60.0 Å². The molecule has 106 heavy (non-hydrogen) atoms. The van der Waals surface area contributed by atoms with E-state index in [9.17, 15) is 37.1 Å². The minimum Gasteiger partial charge on any atom is -0.381 e. The second-order valence-electron chi connectivity index (χ2n) is 32.7. The lowest BCUT2D eigenvalue weighted by molar-refractivity contribution is -0.182. The monoisotopic (exact) mass is 1520 g/mol. The molecule has 0 aromatic heterocycles. The maximum atomic E-state index is 15.7. The van der Waals surface area contributed by atoms with Crippen LogP contribution >= 0.6 is 11.6 Å². The van der Waals surface area contributed by atoms with Crippen molar-refractivity contribution in [3.05, 3.63) is 12.2 Å². The minimum absolute atomic E-state index is 0.0117. The van der Waals surface area contributed by atoms with Crippen molar-refractivity contribution in [3.8, 4) is 0 Å². The highest BCUT2D eigenvalue weighted by atomic mass is 35.5. The van der Waals surface area contributed by atoms with Crippen molar-refractivity contribution in [2.45, 2.75) is 255 Å². The van der Waals surface area contributed by atoms with Gasteiger partial charge in [-0.2, -0.15) is 13.2 Å². The molecule has 3 aliphatic carbocycles. The normalized spacial score (nSPS) is 32.0. The first-order valence-corrected chi connectivity index (χ1v) is 39.1. The van der Waals surface area contributed by atoms with E-state index in [-0.39, 0.29) is 109 Å². The Bertz CT molecular complexity index is 3160. The maximum absolute atomic E-state index is 15.7. The quantitative estimate of drug-likeness (QED) is 0.146. The number of likely N-dealkylation sites (N-methyl/N-ethyl adjacent to an activating group) is 7. The highest BCUT2D eigenvalue weighted by Crippen LogP contribution is 2.50. The van der Waals surface area contributed by atoms with Crippen LogP contribution in [0.2, 0.25) is 0 Å². The molecular formula is C76H122ClF3N12O14. The number of hydrogen-bond donors (Lipinski definition) is 3. The number of amides is 12. The van der Waals surface area contributed by atoms with Crippen molar-refractivity contribution in [3.63, 3.8) is 0 Å². The van der Waals surface area contributed by atoms with Crippen LogP contribution in [0.4, 0.5) is 13.2 Å².